The normalized spacial score (nSPS) is 20.1. The number of aliphatic hydroxyl groups is 1. The van der Waals surface area contributed by atoms with Gasteiger partial charge < -0.3 is 10.4 Å². The third-order valence-electron chi connectivity index (χ3n) is 2.90. The van der Waals surface area contributed by atoms with Crippen LogP contribution in [0.3, 0.4) is 0 Å². The van der Waals surface area contributed by atoms with Crippen LogP contribution in [0.15, 0.2) is 17.5 Å². The molecule has 1 saturated carbocycles. The number of thioether (sulfide) groups is 1. The maximum absolute atomic E-state index is 9.84. The van der Waals surface area contributed by atoms with Crippen molar-refractivity contribution in [3.8, 4) is 0 Å². The van der Waals surface area contributed by atoms with Crippen LogP contribution in [0.4, 0.5) is 0 Å². The smallest absolute Gasteiger partial charge is 0.101 e. The molecule has 1 heterocycles. The summed E-state index contributed by atoms with van der Waals surface area (Å²) in [7, 11) is 0. The molecule has 1 aliphatic carbocycles. The number of thiophene rings is 1. The lowest BCUT2D eigenvalue weighted by Crippen LogP contribution is -2.29. The standard InChI is InChI=1S/C11H17NOS2/c1-14-11(4-5-11)8-12-7-9(13)10-3-2-6-15-10/h2-3,6,9,12-13H,4-5,7-8H2,1H3. The lowest BCUT2D eigenvalue weighted by atomic mass is 10.3. The van der Waals surface area contributed by atoms with Gasteiger partial charge in [0.1, 0.15) is 6.10 Å². The Morgan fingerprint density at radius 3 is 3.00 bits per heavy atom. The summed E-state index contributed by atoms with van der Waals surface area (Å²) >= 11 is 3.56. The highest BCUT2D eigenvalue weighted by Crippen LogP contribution is 2.46. The summed E-state index contributed by atoms with van der Waals surface area (Å²) in [5.74, 6) is 0. The summed E-state index contributed by atoms with van der Waals surface area (Å²) in [4.78, 5) is 1.05. The zero-order chi connectivity index (χ0) is 10.7. The summed E-state index contributed by atoms with van der Waals surface area (Å²) in [5.41, 5.74) is 0. The lowest BCUT2D eigenvalue weighted by Gasteiger charge is -2.15. The van der Waals surface area contributed by atoms with Crippen molar-refractivity contribution in [3.63, 3.8) is 0 Å². The summed E-state index contributed by atoms with van der Waals surface area (Å²) in [6.45, 7) is 1.69. The van der Waals surface area contributed by atoms with E-state index in [1.54, 1.807) is 11.3 Å². The molecule has 0 amide bonds. The summed E-state index contributed by atoms with van der Waals surface area (Å²) < 4.78 is 0.481. The predicted octanol–water partition coefficient (Wildman–Crippen LogP) is 2.27. The average molecular weight is 243 g/mol. The van der Waals surface area contributed by atoms with E-state index in [2.05, 4.69) is 11.6 Å². The Morgan fingerprint density at radius 1 is 1.67 bits per heavy atom. The zero-order valence-electron chi connectivity index (χ0n) is 8.90. The van der Waals surface area contributed by atoms with Crippen molar-refractivity contribution in [2.75, 3.05) is 19.3 Å². The van der Waals surface area contributed by atoms with Crippen molar-refractivity contribution in [2.24, 2.45) is 0 Å². The number of hydrogen-bond acceptors (Lipinski definition) is 4. The SMILES string of the molecule is CSC1(CNCC(O)c2cccs2)CC1. The van der Waals surface area contributed by atoms with E-state index in [1.165, 1.54) is 12.8 Å². The van der Waals surface area contributed by atoms with Gasteiger partial charge in [-0.3, -0.25) is 0 Å². The van der Waals surface area contributed by atoms with Crippen molar-refractivity contribution in [2.45, 2.75) is 23.7 Å². The average Bonchev–Trinajstić information content (AvgIpc) is 2.81. The summed E-state index contributed by atoms with van der Waals surface area (Å²) in [5, 5.41) is 15.2. The Kier molecular flexibility index (Phi) is 3.72. The fourth-order valence-electron chi connectivity index (χ4n) is 1.61. The molecule has 2 rings (SSSR count). The highest BCUT2D eigenvalue weighted by Gasteiger charge is 2.41. The topological polar surface area (TPSA) is 32.3 Å². The van der Waals surface area contributed by atoms with Crippen LogP contribution in [0, 0.1) is 0 Å². The maximum atomic E-state index is 9.84. The second kappa shape index (κ2) is 4.87. The van der Waals surface area contributed by atoms with Gasteiger partial charge in [0.05, 0.1) is 0 Å². The van der Waals surface area contributed by atoms with Crippen molar-refractivity contribution in [3.05, 3.63) is 22.4 Å². The number of rotatable bonds is 6. The van der Waals surface area contributed by atoms with Crippen LogP contribution >= 0.6 is 23.1 Å². The van der Waals surface area contributed by atoms with E-state index in [-0.39, 0.29) is 6.10 Å². The van der Waals surface area contributed by atoms with Crippen LogP contribution in [0.2, 0.25) is 0 Å². The largest absolute Gasteiger partial charge is 0.386 e. The van der Waals surface area contributed by atoms with Gasteiger partial charge >= 0.3 is 0 Å². The summed E-state index contributed by atoms with van der Waals surface area (Å²) in [6, 6.07) is 3.96. The van der Waals surface area contributed by atoms with Crippen LogP contribution in [0.1, 0.15) is 23.8 Å². The van der Waals surface area contributed by atoms with Crippen LogP contribution < -0.4 is 5.32 Å². The molecule has 1 unspecified atom stereocenters. The van der Waals surface area contributed by atoms with E-state index >= 15 is 0 Å². The van der Waals surface area contributed by atoms with Gasteiger partial charge in [-0.15, -0.1) is 11.3 Å². The fraction of sp³-hybridized carbons (Fsp3) is 0.636. The van der Waals surface area contributed by atoms with Crippen LogP contribution in [0.25, 0.3) is 0 Å². The Balaban J connectivity index is 1.70. The maximum Gasteiger partial charge on any atom is 0.101 e. The minimum Gasteiger partial charge on any atom is -0.386 e. The number of nitrogens with one attached hydrogen (secondary N) is 1. The van der Waals surface area contributed by atoms with E-state index in [4.69, 9.17) is 0 Å². The first-order chi connectivity index (χ1) is 7.26. The Labute approximate surface area is 99.1 Å². The van der Waals surface area contributed by atoms with Gasteiger partial charge in [0.2, 0.25) is 0 Å². The molecular formula is C11H17NOS2. The highest BCUT2D eigenvalue weighted by molar-refractivity contribution is 8.00. The molecule has 2 nitrogen and oxygen atoms in total. The van der Waals surface area contributed by atoms with Crippen LogP contribution in [-0.2, 0) is 0 Å². The Bertz CT molecular complexity index is 296. The van der Waals surface area contributed by atoms with Gasteiger partial charge in [-0.2, -0.15) is 11.8 Å². The van der Waals surface area contributed by atoms with Crippen molar-refractivity contribution >= 4 is 23.1 Å². The molecule has 1 atom stereocenters. The van der Waals surface area contributed by atoms with E-state index < -0.39 is 0 Å². The van der Waals surface area contributed by atoms with Gasteiger partial charge in [0.15, 0.2) is 0 Å². The molecule has 0 radical (unpaired) electrons. The summed E-state index contributed by atoms with van der Waals surface area (Å²) in [6.07, 6.45) is 4.46. The van der Waals surface area contributed by atoms with E-state index in [9.17, 15) is 5.11 Å². The molecule has 1 aromatic rings. The first-order valence-corrected chi connectivity index (χ1v) is 7.33. The van der Waals surface area contributed by atoms with Crippen molar-refractivity contribution in [1.29, 1.82) is 0 Å². The third-order valence-corrected chi connectivity index (χ3v) is 5.29. The lowest BCUT2D eigenvalue weighted by molar-refractivity contribution is 0.178. The minimum absolute atomic E-state index is 0.345. The zero-order valence-corrected chi connectivity index (χ0v) is 10.5. The first kappa shape index (κ1) is 11.5. The molecule has 0 bridgehead atoms. The number of aliphatic hydroxyl groups excluding tert-OH is 1. The molecular weight excluding hydrogens is 226 g/mol. The minimum atomic E-state index is -0.345. The van der Waals surface area contributed by atoms with Crippen LogP contribution in [0.5, 0.6) is 0 Å². The van der Waals surface area contributed by atoms with Crippen LogP contribution in [-0.4, -0.2) is 29.2 Å². The van der Waals surface area contributed by atoms with Gasteiger partial charge in [-0.05, 0) is 30.5 Å². The van der Waals surface area contributed by atoms with E-state index in [0.29, 0.717) is 11.3 Å². The first-order valence-electron chi connectivity index (χ1n) is 5.23. The molecule has 1 aromatic heterocycles. The molecule has 0 spiro atoms. The Morgan fingerprint density at radius 2 is 2.47 bits per heavy atom. The number of hydrogen-bond donors (Lipinski definition) is 2. The molecule has 1 aliphatic rings. The quantitative estimate of drug-likeness (QED) is 0.804. The highest BCUT2D eigenvalue weighted by atomic mass is 32.2. The van der Waals surface area contributed by atoms with Gasteiger partial charge in [-0.1, -0.05) is 6.07 Å². The second-order valence-corrected chi connectivity index (χ2v) is 6.30. The molecule has 4 heteroatoms. The molecule has 15 heavy (non-hydrogen) atoms. The van der Waals surface area contributed by atoms with Crippen molar-refractivity contribution in [1.82, 2.24) is 5.32 Å². The monoisotopic (exact) mass is 243 g/mol. The third kappa shape index (κ3) is 2.97. The fourth-order valence-corrected chi connectivity index (χ4v) is 3.08. The van der Waals surface area contributed by atoms with Gasteiger partial charge in [-0.25, -0.2) is 0 Å². The molecule has 1 fully saturated rings. The van der Waals surface area contributed by atoms with Gasteiger partial charge in [0, 0.05) is 22.7 Å². The molecule has 2 N–H and O–H groups in total. The molecule has 84 valence electrons. The molecule has 0 aliphatic heterocycles. The van der Waals surface area contributed by atoms with E-state index in [0.717, 1.165) is 11.4 Å². The second-order valence-electron chi connectivity index (χ2n) is 4.05. The predicted molar refractivity (Wildman–Crippen MR) is 67.6 cm³/mol. The van der Waals surface area contributed by atoms with Crippen molar-refractivity contribution < 1.29 is 5.11 Å². The van der Waals surface area contributed by atoms with E-state index in [1.807, 2.05) is 29.3 Å². The van der Waals surface area contributed by atoms with Gasteiger partial charge in [0.25, 0.3) is 0 Å². The molecule has 0 saturated heterocycles. The molecule has 0 aromatic carbocycles. The Hall–Kier alpha value is -0.0300.